The third-order valence-corrected chi connectivity index (χ3v) is 2.60. The zero-order chi connectivity index (χ0) is 9.97. The standard InChI is InChI=1S/C9H13BrN4/c1-2-12-8-6-5-11-4-3-7(6)13-9(10)14-8/h11H,2-5H2,1H3,(H,12,13,14). The number of fused-ring (bicyclic) bond motifs is 1. The highest BCUT2D eigenvalue weighted by Gasteiger charge is 2.15. The summed E-state index contributed by atoms with van der Waals surface area (Å²) < 4.78 is 0.675. The lowest BCUT2D eigenvalue weighted by molar-refractivity contribution is 0.625. The van der Waals surface area contributed by atoms with Gasteiger partial charge in [0.05, 0.1) is 5.69 Å². The summed E-state index contributed by atoms with van der Waals surface area (Å²) in [6.45, 7) is 4.82. The molecule has 0 aromatic carbocycles. The van der Waals surface area contributed by atoms with Crippen molar-refractivity contribution in [2.24, 2.45) is 0 Å². The lowest BCUT2D eigenvalue weighted by Crippen LogP contribution is -2.26. The van der Waals surface area contributed by atoms with E-state index in [1.165, 1.54) is 5.56 Å². The molecule has 2 N–H and O–H groups in total. The van der Waals surface area contributed by atoms with Crippen molar-refractivity contribution < 1.29 is 0 Å². The molecule has 2 rings (SSSR count). The van der Waals surface area contributed by atoms with Crippen LogP contribution in [0, 0.1) is 0 Å². The molecule has 0 saturated heterocycles. The van der Waals surface area contributed by atoms with Gasteiger partial charge in [0.25, 0.3) is 0 Å². The summed E-state index contributed by atoms with van der Waals surface area (Å²) in [4.78, 5) is 8.71. The van der Waals surface area contributed by atoms with Gasteiger partial charge in [0.2, 0.25) is 0 Å². The van der Waals surface area contributed by atoms with Crippen molar-refractivity contribution in [2.45, 2.75) is 19.9 Å². The van der Waals surface area contributed by atoms with Gasteiger partial charge in [0, 0.05) is 31.6 Å². The van der Waals surface area contributed by atoms with Gasteiger partial charge in [-0.3, -0.25) is 0 Å². The van der Waals surface area contributed by atoms with Crippen LogP contribution in [0.4, 0.5) is 5.82 Å². The fraction of sp³-hybridized carbons (Fsp3) is 0.556. The molecule has 0 bridgehead atoms. The monoisotopic (exact) mass is 256 g/mol. The highest BCUT2D eigenvalue weighted by molar-refractivity contribution is 9.10. The quantitative estimate of drug-likeness (QED) is 0.784. The Morgan fingerprint density at radius 3 is 3.14 bits per heavy atom. The van der Waals surface area contributed by atoms with Crippen LogP contribution in [0.25, 0.3) is 0 Å². The van der Waals surface area contributed by atoms with Gasteiger partial charge in [-0.15, -0.1) is 0 Å². The van der Waals surface area contributed by atoms with Gasteiger partial charge in [-0.1, -0.05) is 0 Å². The summed E-state index contributed by atoms with van der Waals surface area (Å²) in [6.07, 6.45) is 0.981. The Hall–Kier alpha value is -0.680. The number of halogens is 1. The fourth-order valence-electron chi connectivity index (χ4n) is 1.63. The summed E-state index contributed by atoms with van der Waals surface area (Å²) in [5.41, 5.74) is 2.36. The van der Waals surface area contributed by atoms with E-state index in [1.54, 1.807) is 0 Å². The molecule has 2 heterocycles. The summed E-state index contributed by atoms with van der Waals surface area (Å²) in [5.74, 6) is 0.955. The van der Waals surface area contributed by atoms with Crippen molar-refractivity contribution in [2.75, 3.05) is 18.4 Å². The lowest BCUT2D eigenvalue weighted by atomic mass is 10.1. The van der Waals surface area contributed by atoms with Crippen molar-refractivity contribution in [3.05, 3.63) is 16.0 Å². The molecule has 76 valence electrons. The second kappa shape index (κ2) is 4.23. The largest absolute Gasteiger partial charge is 0.370 e. The Morgan fingerprint density at radius 2 is 2.36 bits per heavy atom. The number of rotatable bonds is 2. The zero-order valence-electron chi connectivity index (χ0n) is 8.10. The predicted molar refractivity (Wildman–Crippen MR) is 59.3 cm³/mol. The summed E-state index contributed by atoms with van der Waals surface area (Å²) in [5, 5.41) is 6.58. The van der Waals surface area contributed by atoms with Crippen LogP contribution in [-0.2, 0) is 13.0 Å². The van der Waals surface area contributed by atoms with Crippen molar-refractivity contribution in [3.63, 3.8) is 0 Å². The van der Waals surface area contributed by atoms with Crippen LogP contribution >= 0.6 is 15.9 Å². The minimum atomic E-state index is 0.675. The number of hydrogen-bond acceptors (Lipinski definition) is 4. The minimum Gasteiger partial charge on any atom is -0.370 e. The van der Waals surface area contributed by atoms with E-state index < -0.39 is 0 Å². The van der Waals surface area contributed by atoms with Gasteiger partial charge >= 0.3 is 0 Å². The van der Waals surface area contributed by atoms with Crippen LogP contribution in [0.2, 0.25) is 0 Å². The van der Waals surface area contributed by atoms with E-state index >= 15 is 0 Å². The maximum absolute atomic E-state index is 4.38. The van der Waals surface area contributed by atoms with E-state index in [4.69, 9.17) is 0 Å². The SMILES string of the molecule is CCNc1nc(Br)nc2c1CNCC2. The smallest absolute Gasteiger partial charge is 0.198 e. The molecule has 0 aliphatic carbocycles. The predicted octanol–water partition coefficient (Wildman–Crippen LogP) is 1.32. The molecular formula is C9H13BrN4. The van der Waals surface area contributed by atoms with Crippen LogP contribution < -0.4 is 10.6 Å². The first-order chi connectivity index (χ1) is 6.81. The molecule has 0 atom stereocenters. The van der Waals surface area contributed by atoms with Crippen LogP contribution in [0.1, 0.15) is 18.2 Å². The van der Waals surface area contributed by atoms with E-state index in [1.807, 2.05) is 0 Å². The van der Waals surface area contributed by atoms with E-state index in [0.717, 1.165) is 37.6 Å². The average molecular weight is 257 g/mol. The Morgan fingerprint density at radius 1 is 1.50 bits per heavy atom. The first kappa shape index (κ1) is 9.86. The van der Waals surface area contributed by atoms with Crippen molar-refractivity contribution in [3.8, 4) is 0 Å². The molecule has 1 aromatic rings. The third-order valence-electron chi connectivity index (χ3n) is 2.25. The van der Waals surface area contributed by atoms with Gasteiger partial charge in [-0.25, -0.2) is 9.97 Å². The number of nitrogens with one attached hydrogen (secondary N) is 2. The second-order valence-electron chi connectivity index (χ2n) is 3.22. The van der Waals surface area contributed by atoms with Gasteiger partial charge < -0.3 is 10.6 Å². The third kappa shape index (κ3) is 1.88. The molecule has 0 amide bonds. The summed E-state index contributed by atoms with van der Waals surface area (Å²) in [7, 11) is 0. The van der Waals surface area contributed by atoms with Gasteiger partial charge in [-0.2, -0.15) is 0 Å². The molecule has 1 aromatic heterocycles. The molecule has 0 unspecified atom stereocenters. The molecule has 4 nitrogen and oxygen atoms in total. The highest BCUT2D eigenvalue weighted by Crippen LogP contribution is 2.21. The Kier molecular flexibility index (Phi) is 2.98. The average Bonchev–Trinajstić information content (AvgIpc) is 2.18. The molecule has 1 aliphatic heterocycles. The fourth-order valence-corrected chi connectivity index (χ4v) is 2.02. The van der Waals surface area contributed by atoms with E-state index in [0.29, 0.717) is 4.73 Å². The van der Waals surface area contributed by atoms with Crippen molar-refractivity contribution >= 4 is 21.7 Å². The molecule has 14 heavy (non-hydrogen) atoms. The minimum absolute atomic E-state index is 0.675. The second-order valence-corrected chi connectivity index (χ2v) is 3.93. The van der Waals surface area contributed by atoms with Crippen LogP contribution in [0.3, 0.4) is 0 Å². The molecule has 0 radical (unpaired) electrons. The number of aromatic nitrogens is 2. The molecule has 0 spiro atoms. The topological polar surface area (TPSA) is 49.8 Å². The highest BCUT2D eigenvalue weighted by atomic mass is 79.9. The Balaban J connectivity index is 2.41. The number of hydrogen-bond donors (Lipinski definition) is 2. The van der Waals surface area contributed by atoms with Crippen LogP contribution in [0.5, 0.6) is 0 Å². The summed E-state index contributed by atoms with van der Waals surface area (Å²) >= 11 is 3.33. The molecule has 1 aliphatic rings. The number of nitrogens with zero attached hydrogens (tertiary/aromatic N) is 2. The number of anilines is 1. The maximum Gasteiger partial charge on any atom is 0.198 e. The Labute approximate surface area is 91.7 Å². The maximum atomic E-state index is 4.38. The van der Waals surface area contributed by atoms with Gasteiger partial charge in [0.15, 0.2) is 4.73 Å². The first-order valence-electron chi connectivity index (χ1n) is 4.81. The van der Waals surface area contributed by atoms with Crippen LogP contribution in [0.15, 0.2) is 4.73 Å². The molecule has 5 heteroatoms. The van der Waals surface area contributed by atoms with Crippen LogP contribution in [-0.4, -0.2) is 23.1 Å². The molecule has 0 fully saturated rings. The summed E-state index contributed by atoms with van der Waals surface area (Å²) in [6, 6.07) is 0. The van der Waals surface area contributed by atoms with E-state index in [-0.39, 0.29) is 0 Å². The Bertz CT molecular complexity index is 340. The molecular weight excluding hydrogens is 244 g/mol. The van der Waals surface area contributed by atoms with Crippen molar-refractivity contribution in [1.82, 2.24) is 15.3 Å². The lowest BCUT2D eigenvalue weighted by Gasteiger charge is -2.19. The molecule has 0 saturated carbocycles. The first-order valence-corrected chi connectivity index (χ1v) is 5.60. The van der Waals surface area contributed by atoms with Crippen molar-refractivity contribution in [1.29, 1.82) is 0 Å². The van der Waals surface area contributed by atoms with E-state index in [2.05, 4.69) is 43.5 Å². The zero-order valence-corrected chi connectivity index (χ0v) is 9.69. The van der Waals surface area contributed by atoms with Gasteiger partial charge in [-0.05, 0) is 22.9 Å². The van der Waals surface area contributed by atoms with E-state index in [9.17, 15) is 0 Å². The normalized spacial score (nSPS) is 15.0. The van der Waals surface area contributed by atoms with Gasteiger partial charge in [0.1, 0.15) is 5.82 Å².